The maximum Gasteiger partial charge on any atom is 0.337 e. The predicted octanol–water partition coefficient (Wildman–Crippen LogP) is 3.88. The van der Waals surface area contributed by atoms with Crippen molar-refractivity contribution in [3.8, 4) is 0 Å². The summed E-state index contributed by atoms with van der Waals surface area (Å²) in [5.41, 5.74) is 0. The first kappa shape index (κ1) is 15.2. The molecular formula is C14H26O3Si2. The van der Waals surface area contributed by atoms with E-state index >= 15 is 0 Å². The Morgan fingerprint density at radius 1 is 0.684 bits per heavy atom. The van der Waals surface area contributed by atoms with Gasteiger partial charge in [0.25, 0.3) is 0 Å². The van der Waals surface area contributed by atoms with Crippen LogP contribution in [-0.2, 0) is 13.0 Å². The quantitative estimate of drug-likeness (QED) is 0.550. The number of hydrogen-bond acceptors (Lipinski definition) is 3. The maximum absolute atomic E-state index is 6.68. The molecule has 0 fully saturated rings. The summed E-state index contributed by atoms with van der Waals surface area (Å²) < 4.78 is 19.2. The molecular weight excluding hydrogens is 272 g/mol. The molecule has 0 atom stereocenters. The van der Waals surface area contributed by atoms with Gasteiger partial charge in [-0.25, -0.2) is 0 Å². The highest BCUT2D eigenvalue weighted by atomic mass is 28.5. The molecule has 0 unspecified atom stereocenters. The highest BCUT2D eigenvalue weighted by molar-refractivity contribution is 6.82. The molecule has 3 nitrogen and oxygen atoms in total. The lowest BCUT2D eigenvalue weighted by atomic mass is 10.5. The monoisotopic (exact) mass is 298 g/mol. The standard InChI is InChI=1S/C14H26O3Si2/c1-13(2)15-18(9-5-6-10-18)17-19(16-14(3)4)11-7-8-12-19/h5-8,13-14H,9-12H2,1-4H3. The van der Waals surface area contributed by atoms with Crippen molar-refractivity contribution in [2.75, 3.05) is 0 Å². The fourth-order valence-electron chi connectivity index (χ4n) is 2.82. The average Bonchev–Trinajstić information content (AvgIpc) is 2.87. The van der Waals surface area contributed by atoms with Crippen LogP contribution in [0.15, 0.2) is 24.3 Å². The van der Waals surface area contributed by atoms with Crippen molar-refractivity contribution in [2.24, 2.45) is 0 Å². The number of hydrogen-bond donors (Lipinski definition) is 0. The van der Waals surface area contributed by atoms with Crippen LogP contribution in [0.3, 0.4) is 0 Å². The third kappa shape index (κ3) is 3.89. The van der Waals surface area contributed by atoms with Crippen LogP contribution >= 0.6 is 0 Å². The molecule has 0 bridgehead atoms. The van der Waals surface area contributed by atoms with Gasteiger partial charge in [0, 0.05) is 36.4 Å². The van der Waals surface area contributed by atoms with E-state index in [0.717, 1.165) is 24.2 Å². The molecule has 0 radical (unpaired) electrons. The van der Waals surface area contributed by atoms with Crippen molar-refractivity contribution in [3.63, 3.8) is 0 Å². The van der Waals surface area contributed by atoms with Gasteiger partial charge in [0.05, 0.1) is 0 Å². The van der Waals surface area contributed by atoms with E-state index in [2.05, 4.69) is 52.0 Å². The lowest BCUT2D eigenvalue weighted by molar-refractivity contribution is 0.138. The smallest absolute Gasteiger partial charge is 0.337 e. The van der Waals surface area contributed by atoms with Crippen LogP contribution in [0.25, 0.3) is 0 Å². The molecule has 2 aliphatic heterocycles. The Hall–Kier alpha value is -0.206. The van der Waals surface area contributed by atoms with Gasteiger partial charge in [-0.1, -0.05) is 24.3 Å². The van der Waals surface area contributed by atoms with E-state index < -0.39 is 17.1 Å². The summed E-state index contributed by atoms with van der Waals surface area (Å²) in [5.74, 6) is 0. The second-order valence-electron chi connectivity index (χ2n) is 6.02. The summed E-state index contributed by atoms with van der Waals surface area (Å²) >= 11 is 0. The Morgan fingerprint density at radius 3 is 1.26 bits per heavy atom. The topological polar surface area (TPSA) is 27.7 Å². The van der Waals surface area contributed by atoms with Gasteiger partial charge in [-0.15, -0.1) is 0 Å². The second kappa shape index (κ2) is 6.05. The van der Waals surface area contributed by atoms with E-state index in [0.29, 0.717) is 0 Å². The largest absolute Gasteiger partial charge is 0.414 e. The van der Waals surface area contributed by atoms with Gasteiger partial charge in [-0.2, -0.15) is 0 Å². The van der Waals surface area contributed by atoms with Crippen LogP contribution in [0.5, 0.6) is 0 Å². The summed E-state index contributed by atoms with van der Waals surface area (Å²) in [4.78, 5) is 0. The molecule has 2 heterocycles. The molecule has 0 N–H and O–H groups in total. The highest BCUT2D eigenvalue weighted by Gasteiger charge is 2.50. The van der Waals surface area contributed by atoms with Crippen molar-refractivity contribution in [1.82, 2.24) is 0 Å². The van der Waals surface area contributed by atoms with Gasteiger partial charge in [-0.3, -0.25) is 0 Å². The summed E-state index contributed by atoms with van der Waals surface area (Å²) in [6, 6.07) is 3.89. The molecule has 0 saturated carbocycles. The summed E-state index contributed by atoms with van der Waals surface area (Å²) in [5, 5.41) is 0. The molecule has 0 spiro atoms. The van der Waals surface area contributed by atoms with Gasteiger partial charge in [0.1, 0.15) is 0 Å². The third-order valence-corrected chi connectivity index (χ3v) is 11.5. The lowest BCUT2D eigenvalue weighted by Gasteiger charge is -2.38. The Labute approximate surface area is 119 Å². The third-order valence-electron chi connectivity index (χ3n) is 3.32. The van der Waals surface area contributed by atoms with Crippen molar-refractivity contribution in [1.29, 1.82) is 0 Å². The van der Waals surface area contributed by atoms with Crippen molar-refractivity contribution in [3.05, 3.63) is 24.3 Å². The molecule has 2 aliphatic rings. The summed E-state index contributed by atoms with van der Waals surface area (Å²) in [7, 11) is -4.23. The summed E-state index contributed by atoms with van der Waals surface area (Å²) in [6.07, 6.45) is 9.32. The van der Waals surface area contributed by atoms with Crippen LogP contribution in [0.2, 0.25) is 24.2 Å². The summed E-state index contributed by atoms with van der Waals surface area (Å²) in [6.45, 7) is 8.39. The predicted molar refractivity (Wildman–Crippen MR) is 82.5 cm³/mol. The SMILES string of the molecule is CC(C)O[Si]1(O[Si]2(OC(C)C)CC=CC2)CC=CC1. The molecule has 108 valence electrons. The van der Waals surface area contributed by atoms with Crippen molar-refractivity contribution >= 4 is 17.1 Å². The van der Waals surface area contributed by atoms with Crippen LogP contribution < -0.4 is 0 Å². The molecule has 19 heavy (non-hydrogen) atoms. The fourth-order valence-corrected chi connectivity index (χ4v) is 11.8. The molecule has 0 aromatic carbocycles. The molecule has 0 aliphatic carbocycles. The van der Waals surface area contributed by atoms with Crippen molar-refractivity contribution < 1.29 is 13.0 Å². The zero-order valence-electron chi connectivity index (χ0n) is 12.5. The van der Waals surface area contributed by atoms with Crippen LogP contribution in [0, 0.1) is 0 Å². The Balaban J connectivity index is 2.10. The van der Waals surface area contributed by atoms with Crippen molar-refractivity contribution in [2.45, 2.75) is 64.1 Å². The molecule has 0 amide bonds. The fraction of sp³-hybridized carbons (Fsp3) is 0.714. The molecule has 0 aromatic rings. The van der Waals surface area contributed by atoms with Crippen LogP contribution in [0.4, 0.5) is 0 Å². The zero-order valence-corrected chi connectivity index (χ0v) is 14.5. The Morgan fingerprint density at radius 2 is 1.00 bits per heavy atom. The van der Waals surface area contributed by atoms with Crippen LogP contribution in [0.1, 0.15) is 27.7 Å². The van der Waals surface area contributed by atoms with E-state index in [4.69, 9.17) is 13.0 Å². The van der Waals surface area contributed by atoms with Gasteiger partial charge in [-0.05, 0) is 27.7 Å². The minimum Gasteiger partial charge on any atom is -0.414 e. The van der Waals surface area contributed by atoms with E-state index in [-0.39, 0.29) is 12.2 Å². The number of rotatable bonds is 6. The first-order valence-electron chi connectivity index (χ1n) is 7.31. The van der Waals surface area contributed by atoms with Gasteiger partial charge < -0.3 is 13.0 Å². The molecule has 0 aromatic heterocycles. The highest BCUT2D eigenvalue weighted by Crippen LogP contribution is 2.37. The Kier molecular flexibility index (Phi) is 4.84. The number of allylic oxidation sites excluding steroid dienone is 4. The maximum atomic E-state index is 6.68. The zero-order chi connectivity index (χ0) is 13.9. The minimum atomic E-state index is -2.11. The first-order valence-corrected chi connectivity index (χ1v) is 11.8. The second-order valence-corrected chi connectivity index (χ2v) is 12.6. The van der Waals surface area contributed by atoms with Gasteiger partial charge in [0.15, 0.2) is 0 Å². The van der Waals surface area contributed by atoms with E-state index in [1.54, 1.807) is 0 Å². The van der Waals surface area contributed by atoms with E-state index in [1.165, 1.54) is 0 Å². The molecule has 2 rings (SSSR count). The Bertz CT molecular complexity index is 314. The first-order chi connectivity index (χ1) is 8.95. The lowest BCUT2D eigenvalue weighted by Crippen LogP contribution is -2.54. The van der Waals surface area contributed by atoms with E-state index in [1.807, 2.05) is 0 Å². The van der Waals surface area contributed by atoms with Gasteiger partial charge >= 0.3 is 17.1 Å². The average molecular weight is 299 g/mol. The van der Waals surface area contributed by atoms with Crippen LogP contribution in [-0.4, -0.2) is 29.3 Å². The van der Waals surface area contributed by atoms with E-state index in [9.17, 15) is 0 Å². The minimum absolute atomic E-state index is 0.228. The molecule has 5 heteroatoms. The normalized spacial score (nSPS) is 23.9. The molecule has 0 saturated heterocycles. The van der Waals surface area contributed by atoms with Gasteiger partial charge in [0.2, 0.25) is 0 Å².